The summed E-state index contributed by atoms with van der Waals surface area (Å²) in [5.41, 5.74) is 0.276. The van der Waals surface area contributed by atoms with Crippen LogP contribution in [0.15, 0.2) is 35.2 Å². The Balaban J connectivity index is 1.65. The molecule has 1 aliphatic heterocycles. The third-order valence-electron chi connectivity index (χ3n) is 4.15. The molecule has 0 aromatic heterocycles. The molecule has 7 nitrogen and oxygen atoms in total. The second kappa shape index (κ2) is 9.91. The standard InChI is InChI=1S/C18H16Cl4N2O5S/c19-12-8-14(21)16(9-13(12)20)23-18(25)10-29-17-2-1-11(7-15(17)22)30(26,27)24-3-5-28-6-4-24/h1-2,7-9H,3-6,10H2,(H,23,25). The van der Waals surface area contributed by atoms with Crippen molar-refractivity contribution in [1.29, 1.82) is 0 Å². The molecule has 0 saturated carbocycles. The normalized spacial score (nSPS) is 15.1. The van der Waals surface area contributed by atoms with Crippen LogP contribution in [0.2, 0.25) is 20.1 Å². The van der Waals surface area contributed by atoms with E-state index in [-0.39, 0.29) is 56.1 Å². The van der Waals surface area contributed by atoms with Gasteiger partial charge in [0, 0.05) is 13.1 Å². The van der Waals surface area contributed by atoms with Gasteiger partial charge in [-0.05, 0) is 30.3 Å². The molecule has 1 amide bonds. The van der Waals surface area contributed by atoms with Crippen LogP contribution in [0.25, 0.3) is 0 Å². The summed E-state index contributed by atoms with van der Waals surface area (Å²) >= 11 is 24.0. The van der Waals surface area contributed by atoms with Gasteiger partial charge in [0.05, 0.1) is 43.9 Å². The Morgan fingerprint density at radius 3 is 2.33 bits per heavy atom. The summed E-state index contributed by atoms with van der Waals surface area (Å²) in [7, 11) is -3.69. The van der Waals surface area contributed by atoms with Gasteiger partial charge in [0.1, 0.15) is 5.75 Å². The van der Waals surface area contributed by atoms with E-state index in [1.165, 1.54) is 34.6 Å². The van der Waals surface area contributed by atoms with Crippen molar-refractivity contribution in [2.24, 2.45) is 0 Å². The maximum atomic E-state index is 12.7. The molecule has 0 atom stereocenters. The molecule has 2 aromatic rings. The molecule has 1 heterocycles. The Kier molecular flexibility index (Phi) is 7.73. The van der Waals surface area contributed by atoms with Gasteiger partial charge in [0.25, 0.3) is 5.91 Å². The van der Waals surface area contributed by atoms with Crippen molar-refractivity contribution in [3.8, 4) is 5.75 Å². The molecule has 1 fully saturated rings. The number of hydrogen-bond donors (Lipinski definition) is 1. The first-order valence-electron chi connectivity index (χ1n) is 8.63. The predicted octanol–water partition coefficient (Wildman–Crippen LogP) is 4.34. The first-order chi connectivity index (χ1) is 14.2. The zero-order valence-corrected chi connectivity index (χ0v) is 19.2. The fraction of sp³-hybridized carbons (Fsp3) is 0.278. The highest BCUT2D eigenvalue weighted by Crippen LogP contribution is 2.32. The summed E-state index contributed by atoms with van der Waals surface area (Å²) in [5, 5.41) is 3.32. The molecule has 0 bridgehead atoms. The Hall–Kier alpha value is -1.26. The molecule has 12 heteroatoms. The lowest BCUT2D eigenvalue weighted by atomic mass is 10.3. The number of benzene rings is 2. The maximum Gasteiger partial charge on any atom is 0.262 e. The predicted molar refractivity (Wildman–Crippen MR) is 117 cm³/mol. The quantitative estimate of drug-likeness (QED) is 0.581. The Labute approximate surface area is 193 Å². The second-order valence-corrected chi connectivity index (χ2v) is 9.76. The van der Waals surface area contributed by atoms with Crippen LogP contribution in [0, 0.1) is 0 Å². The van der Waals surface area contributed by atoms with E-state index in [1.807, 2.05) is 0 Å². The van der Waals surface area contributed by atoms with Gasteiger partial charge in [-0.2, -0.15) is 4.31 Å². The number of hydrogen-bond acceptors (Lipinski definition) is 5. The zero-order chi connectivity index (χ0) is 21.9. The average molecular weight is 514 g/mol. The van der Waals surface area contributed by atoms with Crippen LogP contribution in [-0.4, -0.2) is 51.5 Å². The van der Waals surface area contributed by atoms with Crippen LogP contribution < -0.4 is 10.1 Å². The smallest absolute Gasteiger partial charge is 0.262 e. The maximum absolute atomic E-state index is 12.7. The number of amides is 1. The lowest BCUT2D eigenvalue weighted by Gasteiger charge is -2.26. The first-order valence-corrected chi connectivity index (χ1v) is 11.6. The Bertz CT molecular complexity index is 1060. The van der Waals surface area contributed by atoms with Crippen LogP contribution in [0.5, 0.6) is 5.75 Å². The lowest BCUT2D eigenvalue weighted by Crippen LogP contribution is -2.40. The van der Waals surface area contributed by atoms with Crippen molar-refractivity contribution in [1.82, 2.24) is 4.31 Å². The van der Waals surface area contributed by atoms with Crippen molar-refractivity contribution in [2.45, 2.75) is 4.90 Å². The number of morpholine rings is 1. The van der Waals surface area contributed by atoms with Gasteiger partial charge in [-0.25, -0.2) is 8.42 Å². The summed E-state index contributed by atoms with van der Waals surface area (Å²) in [5.74, 6) is -0.357. The van der Waals surface area contributed by atoms with Crippen molar-refractivity contribution in [3.05, 3.63) is 50.4 Å². The van der Waals surface area contributed by atoms with E-state index in [2.05, 4.69) is 5.32 Å². The van der Waals surface area contributed by atoms with E-state index >= 15 is 0 Å². The van der Waals surface area contributed by atoms with Crippen LogP contribution in [0.4, 0.5) is 5.69 Å². The van der Waals surface area contributed by atoms with Crippen LogP contribution in [0.1, 0.15) is 0 Å². The third kappa shape index (κ3) is 5.50. The highest BCUT2D eigenvalue weighted by molar-refractivity contribution is 7.89. The number of rotatable bonds is 6. The van der Waals surface area contributed by atoms with Crippen LogP contribution >= 0.6 is 46.4 Å². The van der Waals surface area contributed by atoms with E-state index < -0.39 is 15.9 Å². The minimum Gasteiger partial charge on any atom is -0.482 e. The molecule has 2 aromatic carbocycles. The third-order valence-corrected chi connectivity index (χ3v) is 7.38. The molecule has 1 saturated heterocycles. The summed E-state index contributed by atoms with van der Waals surface area (Å²) in [6.45, 7) is 0.843. The van der Waals surface area contributed by atoms with E-state index in [1.54, 1.807) is 0 Å². The van der Waals surface area contributed by atoms with Crippen molar-refractivity contribution in [3.63, 3.8) is 0 Å². The summed E-state index contributed by atoms with van der Waals surface area (Å²) in [6.07, 6.45) is 0. The van der Waals surface area contributed by atoms with Crippen LogP contribution in [-0.2, 0) is 19.6 Å². The number of sulfonamides is 1. The topological polar surface area (TPSA) is 84.9 Å². The number of ether oxygens (including phenoxy) is 2. The van der Waals surface area contributed by atoms with Gasteiger partial charge in [0.2, 0.25) is 10.0 Å². The number of carbonyl (C=O) groups excluding carboxylic acids is 1. The van der Waals surface area contributed by atoms with Crippen LogP contribution in [0.3, 0.4) is 0 Å². The minimum atomic E-state index is -3.69. The van der Waals surface area contributed by atoms with Gasteiger partial charge < -0.3 is 14.8 Å². The molecule has 0 unspecified atom stereocenters. The number of nitrogens with zero attached hydrogens (tertiary/aromatic N) is 1. The molecular weight excluding hydrogens is 498 g/mol. The van der Waals surface area contributed by atoms with E-state index in [4.69, 9.17) is 55.9 Å². The Morgan fingerprint density at radius 1 is 1.00 bits per heavy atom. The van der Waals surface area contributed by atoms with Gasteiger partial charge in [-0.1, -0.05) is 46.4 Å². The van der Waals surface area contributed by atoms with Crippen molar-refractivity contribution < 1.29 is 22.7 Å². The summed E-state index contributed by atoms with van der Waals surface area (Å²) in [6, 6.07) is 6.89. The fourth-order valence-corrected chi connectivity index (χ4v) is 4.97. The van der Waals surface area contributed by atoms with E-state index in [0.717, 1.165) is 0 Å². The largest absolute Gasteiger partial charge is 0.482 e. The molecule has 0 radical (unpaired) electrons. The van der Waals surface area contributed by atoms with Gasteiger partial charge in [0.15, 0.2) is 6.61 Å². The highest BCUT2D eigenvalue weighted by atomic mass is 35.5. The molecular formula is C18H16Cl4N2O5S. The number of anilines is 1. The molecule has 30 heavy (non-hydrogen) atoms. The SMILES string of the molecule is O=C(COc1ccc(S(=O)(=O)N2CCOCC2)cc1Cl)Nc1cc(Cl)c(Cl)cc1Cl. The number of carbonyl (C=O) groups is 1. The molecule has 0 spiro atoms. The van der Waals surface area contributed by atoms with Gasteiger partial charge in [-0.3, -0.25) is 4.79 Å². The zero-order valence-electron chi connectivity index (χ0n) is 15.3. The second-order valence-electron chi connectivity index (χ2n) is 6.19. The first kappa shape index (κ1) is 23.4. The lowest BCUT2D eigenvalue weighted by molar-refractivity contribution is -0.118. The summed E-state index contributed by atoms with van der Waals surface area (Å²) < 4.78 is 37.3. The molecule has 1 N–H and O–H groups in total. The molecule has 162 valence electrons. The average Bonchev–Trinajstić information content (AvgIpc) is 2.71. The molecule has 0 aliphatic carbocycles. The molecule has 3 rings (SSSR count). The van der Waals surface area contributed by atoms with E-state index in [0.29, 0.717) is 13.2 Å². The van der Waals surface area contributed by atoms with Gasteiger partial charge in [-0.15, -0.1) is 0 Å². The van der Waals surface area contributed by atoms with Crippen molar-refractivity contribution in [2.75, 3.05) is 38.2 Å². The number of nitrogens with one attached hydrogen (secondary N) is 1. The summed E-state index contributed by atoms with van der Waals surface area (Å²) in [4.78, 5) is 12.2. The molecule has 1 aliphatic rings. The monoisotopic (exact) mass is 512 g/mol. The number of halogens is 4. The van der Waals surface area contributed by atoms with Gasteiger partial charge >= 0.3 is 0 Å². The highest BCUT2D eigenvalue weighted by Gasteiger charge is 2.27. The van der Waals surface area contributed by atoms with E-state index in [9.17, 15) is 13.2 Å². The Morgan fingerprint density at radius 2 is 1.67 bits per heavy atom. The fourth-order valence-electron chi connectivity index (χ4n) is 2.64. The minimum absolute atomic E-state index is 0.0359. The van der Waals surface area contributed by atoms with Crippen molar-refractivity contribution >= 4 is 68.0 Å².